The molecule has 3 nitrogen and oxygen atoms in total. The SMILES string of the molecule is CNCc1nc(-c2ccccc2Br)c(C)n1C. The van der Waals surface area contributed by atoms with E-state index in [4.69, 9.17) is 4.98 Å². The minimum Gasteiger partial charge on any atom is -0.334 e. The van der Waals surface area contributed by atoms with Gasteiger partial charge in [-0.1, -0.05) is 34.1 Å². The van der Waals surface area contributed by atoms with Crippen molar-refractivity contribution in [2.75, 3.05) is 7.05 Å². The number of nitrogens with one attached hydrogen (secondary N) is 1. The van der Waals surface area contributed by atoms with Gasteiger partial charge in [0.25, 0.3) is 0 Å². The van der Waals surface area contributed by atoms with E-state index in [1.54, 1.807) is 0 Å². The highest BCUT2D eigenvalue weighted by Crippen LogP contribution is 2.29. The van der Waals surface area contributed by atoms with Crippen molar-refractivity contribution in [3.8, 4) is 11.3 Å². The van der Waals surface area contributed by atoms with Gasteiger partial charge in [0.1, 0.15) is 5.82 Å². The van der Waals surface area contributed by atoms with Crippen LogP contribution in [0.2, 0.25) is 0 Å². The Hall–Kier alpha value is -1.13. The second-order valence-corrected chi connectivity index (χ2v) is 4.89. The largest absolute Gasteiger partial charge is 0.334 e. The summed E-state index contributed by atoms with van der Waals surface area (Å²) in [5, 5.41) is 3.14. The van der Waals surface area contributed by atoms with Crippen molar-refractivity contribution in [2.45, 2.75) is 13.5 Å². The van der Waals surface area contributed by atoms with Gasteiger partial charge >= 0.3 is 0 Å². The average molecular weight is 294 g/mol. The molecule has 0 unspecified atom stereocenters. The zero-order valence-corrected chi connectivity index (χ0v) is 11.9. The van der Waals surface area contributed by atoms with E-state index in [2.05, 4.69) is 45.9 Å². The van der Waals surface area contributed by atoms with Gasteiger partial charge in [0, 0.05) is 22.8 Å². The first kappa shape index (κ1) is 12.3. The van der Waals surface area contributed by atoms with Crippen molar-refractivity contribution < 1.29 is 0 Å². The van der Waals surface area contributed by atoms with Crippen LogP contribution in [0.5, 0.6) is 0 Å². The Morgan fingerprint density at radius 3 is 2.71 bits per heavy atom. The molecule has 0 saturated heterocycles. The second kappa shape index (κ2) is 5.02. The first-order valence-corrected chi connectivity index (χ1v) is 6.36. The molecule has 0 fully saturated rings. The fraction of sp³-hybridized carbons (Fsp3) is 0.308. The summed E-state index contributed by atoms with van der Waals surface area (Å²) in [6, 6.07) is 8.18. The van der Waals surface area contributed by atoms with E-state index in [0.29, 0.717) is 0 Å². The smallest absolute Gasteiger partial charge is 0.123 e. The predicted molar refractivity (Wildman–Crippen MR) is 73.8 cm³/mol. The lowest BCUT2D eigenvalue weighted by Gasteiger charge is -2.03. The van der Waals surface area contributed by atoms with Gasteiger partial charge in [0.05, 0.1) is 12.2 Å². The van der Waals surface area contributed by atoms with Crippen LogP contribution in [0, 0.1) is 6.92 Å². The molecule has 1 aromatic heterocycles. The molecule has 0 atom stereocenters. The van der Waals surface area contributed by atoms with E-state index >= 15 is 0 Å². The third-order valence-corrected chi connectivity index (χ3v) is 3.63. The van der Waals surface area contributed by atoms with Gasteiger partial charge in [-0.2, -0.15) is 0 Å². The molecule has 1 aromatic carbocycles. The summed E-state index contributed by atoms with van der Waals surface area (Å²) >= 11 is 3.58. The zero-order valence-electron chi connectivity index (χ0n) is 10.3. The first-order valence-electron chi connectivity index (χ1n) is 5.57. The Labute approximate surface area is 110 Å². The molecule has 0 aliphatic heterocycles. The summed E-state index contributed by atoms with van der Waals surface area (Å²) in [5.41, 5.74) is 3.37. The summed E-state index contributed by atoms with van der Waals surface area (Å²) in [4.78, 5) is 4.70. The van der Waals surface area contributed by atoms with Crippen molar-refractivity contribution in [3.05, 3.63) is 40.3 Å². The van der Waals surface area contributed by atoms with Crippen molar-refractivity contribution in [1.29, 1.82) is 0 Å². The number of imidazole rings is 1. The van der Waals surface area contributed by atoms with Gasteiger partial charge in [0.15, 0.2) is 0 Å². The van der Waals surface area contributed by atoms with Crippen LogP contribution < -0.4 is 5.32 Å². The Morgan fingerprint density at radius 2 is 2.06 bits per heavy atom. The highest BCUT2D eigenvalue weighted by atomic mass is 79.9. The van der Waals surface area contributed by atoms with E-state index in [1.807, 2.05) is 25.2 Å². The zero-order chi connectivity index (χ0) is 12.4. The molecule has 0 aliphatic rings. The highest BCUT2D eigenvalue weighted by molar-refractivity contribution is 9.10. The Balaban J connectivity index is 2.53. The average Bonchev–Trinajstić information content (AvgIpc) is 2.59. The predicted octanol–water partition coefficient (Wildman–Crippen LogP) is 2.88. The minimum absolute atomic E-state index is 0.780. The number of hydrogen-bond donors (Lipinski definition) is 1. The Kier molecular flexibility index (Phi) is 3.64. The van der Waals surface area contributed by atoms with Crippen LogP contribution in [0.25, 0.3) is 11.3 Å². The number of aromatic nitrogens is 2. The van der Waals surface area contributed by atoms with Gasteiger partial charge in [-0.05, 0) is 20.0 Å². The molecule has 1 N–H and O–H groups in total. The molecule has 0 radical (unpaired) electrons. The monoisotopic (exact) mass is 293 g/mol. The summed E-state index contributed by atoms with van der Waals surface area (Å²) in [5.74, 6) is 1.05. The molecule has 1 heterocycles. The van der Waals surface area contributed by atoms with E-state index in [-0.39, 0.29) is 0 Å². The molecule has 0 saturated carbocycles. The third kappa shape index (κ3) is 2.28. The second-order valence-electron chi connectivity index (χ2n) is 4.03. The highest BCUT2D eigenvalue weighted by Gasteiger charge is 2.13. The first-order chi connectivity index (χ1) is 8.15. The maximum absolute atomic E-state index is 4.70. The van der Waals surface area contributed by atoms with E-state index in [0.717, 1.165) is 28.1 Å². The quantitative estimate of drug-likeness (QED) is 0.943. The van der Waals surface area contributed by atoms with Crippen LogP contribution in [-0.4, -0.2) is 16.6 Å². The molecule has 0 aliphatic carbocycles. The number of hydrogen-bond acceptors (Lipinski definition) is 2. The van der Waals surface area contributed by atoms with Gasteiger partial charge in [-0.25, -0.2) is 4.98 Å². The van der Waals surface area contributed by atoms with Gasteiger partial charge < -0.3 is 9.88 Å². The fourth-order valence-corrected chi connectivity index (χ4v) is 2.33. The van der Waals surface area contributed by atoms with Gasteiger partial charge in [0.2, 0.25) is 0 Å². The fourth-order valence-electron chi connectivity index (χ4n) is 1.86. The summed E-state index contributed by atoms with van der Waals surface area (Å²) < 4.78 is 3.21. The number of rotatable bonds is 3. The van der Waals surface area contributed by atoms with Crippen molar-refractivity contribution in [2.24, 2.45) is 7.05 Å². The van der Waals surface area contributed by atoms with Crippen LogP contribution in [0.3, 0.4) is 0 Å². The van der Waals surface area contributed by atoms with Gasteiger partial charge in [-0.15, -0.1) is 0 Å². The lowest BCUT2D eigenvalue weighted by atomic mass is 10.1. The molecule has 0 bridgehead atoms. The molecule has 2 aromatic rings. The van der Waals surface area contributed by atoms with E-state index < -0.39 is 0 Å². The van der Waals surface area contributed by atoms with Crippen molar-refractivity contribution >= 4 is 15.9 Å². The van der Waals surface area contributed by atoms with Crippen LogP contribution in [0.1, 0.15) is 11.5 Å². The maximum atomic E-state index is 4.70. The molecule has 90 valence electrons. The Morgan fingerprint density at radius 1 is 1.35 bits per heavy atom. The lowest BCUT2D eigenvalue weighted by Crippen LogP contribution is -2.10. The molecule has 0 spiro atoms. The van der Waals surface area contributed by atoms with Crippen LogP contribution in [0.15, 0.2) is 28.7 Å². The van der Waals surface area contributed by atoms with Crippen LogP contribution in [0.4, 0.5) is 0 Å². The number of benzene rings is 1. The lowest BCUT2D eigenvalue weighted by molar-refractivity contribution is 0.701. The van der Waals surface area contributed by atoms with E-state index in [1.165, 1.54) is 5.69 Å². The minimum atomic E-state index is 0.780. The van der Waals surface area contributed by atoms with Crippen LogP contribution >= 0.6 is 15.9 Å². The number of halogens is 1. The van der Waals surface area contributed by atoms with Gasteiger partial charge in [-0.3, -0.25) is 0 Å². The maximum Gasteiger partial charge on any atom is 0.123 e. The van der Waals surface area contributed by atoms with E-state index in [9.17, 15) is 0 Å². The number of nitrogens with zero attached hydrogens (tertiary/aromatic N) is 2. The van der Waals surface area contributed by atoms with Crippen LogP contribution in [-0.2, 0) is 13.6 Å². The molecule has 0 amide bonds. The summed E-state index contributed by atoms with van der Waals surface area (Å²) in [6.07, 6.45) is 0. The normalized spacial score (nSPS) is 10.8. The van der Waals surface area contributed by atoms with Crippen molar-refractivity contribution in [3.63, 3.8) is 0 Å². The molecule has 17 heavy (non-hydrogen) atoms. The van der Waals surface area contributed by atoms with Crippen molar-refractivity contribution in [1.82, 2.24) is 14.9 Å². The third-order valence-electron chi connectivity index (χ3n) is 2.94. The molecular formula is C13H16BrN3. The molecule has 4 heteroatoms. The summed E-state index contributed by atoms with van der Waals surface area (Å²) in [6.45, 7) is 2.88. The molecular weight excluding hydrogens is 278 g/mol. The summed E-state index contributed by atoms with van der Waals surface area (Å²) in [7, 11) is 3.98. The topological polar surface area (TPSA) is 29.9 Å². The standard InChI is InChI=1S/C13H16BrN3/c1-9-13(10-6-4-5-7-11(10)14)16-12(8-15-2)17(9)3/h4-7,15H,8H2,1-3H3. The molecule has 2 rings (SSSR count). The Bertz CT molecular complexity index is 531.